The summed E-state index contributed by atoms with van der Waals surface area (Å²) in [6, 6.07) is 0. The summed E-state index contributed by atoms with van der Waals surface area (Å²) < 4.78 is 0. The Bertz CT molecular complexity index is 522. The highest BCUT2D eigenvalue weighted by molar-refractivity contribution is 6.23. The number of aliphatic hydroxyl groups excluding tert-OH is 1. The van der Waals surface area contributed by atoms with Crippen molar-refractivity contribution in [1.29, 1.82) is 5.41 Å². The summed E-state index contributed by atoms with van der Waals surface area (Å²) in [4.78, 5) is 34.8. The number of aliphatic hydroxyl groups is 1. The fraction of sp³-hybridized carbons (Fsp3) is 0.600. The van der Waals surface area contributed by atoms with Crippen LogP contribution in [0.5, 0.6) is 0 Å². The second kappa shape index (κ2) is 5.42. The van der Waals surface area contributed by atoms with Gasteiger partial charge in [-0.25, -0.2) is 0 Å². The molecule has 0 atom stereocenters. The number of rotatable bonds is 2. The van der Waals surface area contributed by atoms with E-state index in [0.29, 0.717) is 12.8 Å². The molecular formula is C15H20N2O4. The maximum Gasteiger partial charge on any atom is 0.226 e. The van der Waals surface area contributed by atoms with Crippen molar-refractivity contribution in [3.05, 3.63) is 11.3 Å². The molecule has 0 aromatic rings. The molecule has 6 nitrogen and oxygen atoms in total. The van der Waals surface area contributed by atoms with Crippen molar-refractivity contribution in [3.8, 4) is 0 Å². The first kappa shape index (κ1) is 15.4. The number of amides is 2. The number of ketones is 1. The average molecular weight is 292 g/mol. The van der Waals surface area contributed by atoms with E-state index >= 15 is 0 Å². The number of imide groups is 1. The Morgan fingerprint density at radius 1 is 1.24 bits per heavy atom. The highest BCUT2D eigenvalue weighted by Crippen LogP contribution is 2.35. The first-order valence-corrected chi connectivity index (χ1v) is 7.04. The molecule has 21 heavy (non-hydrogen) atoms. The van der Waals surface area contributed by atoms with Gasteiger partial charge in [0.15, 0.2) is 5.78 Å². The highest BCUT2D eigenvalue weighted by atomic mass is 16.3. The molecule has 2 fully saturated rings. The second-order valence-electron chi connectivity index (χ2n) is 6.69. The Morgan fingerprint density at radius 3 is 2.33 bits per heavy atom. The Hall–Kier alpha value is -1.98. The molecule has 1 aliphatic heterocycles. The third kappa shape index (κ3) is 3.56. The van der Waals surface area contributed by atoms with Gasteiger partial charge in [0.2, 0.25) is 11.8 Å². The van der Waals surface area contributed by atoms with E-state index in [1.165, 1.54) is 0 Å². The summed E-state index contributed by atoms with van der Waals surface area (Å²) in [6.07, 6.45) is 1.11. The van der Waals surface area contributed by atoms with Gasteiger partial charge < -0.3 is 10.5 Å². The fourth-order valence-electron chi connectivity index (χ4n) is 3.03. The van der Waals surface area contributed by atoms with Crippen LogP contribution in [0.2, 0.25) is 0 Å². The van der Waals surface area contributed by atoms with Gasteiger partial charge in [-0.2, -0.15) is 0 Å². The molecule has 2 aliphatic rings. The van der Waals surface area contributed by atoms with Crippen molar-refractivity contribution in [3.63, 3.8) is 0 Å². The first-order chi connectivity index (χ1) is 9.68. The van der Waals surface area contributed by atoms with Crippen LogP contribution >= 0.6 is 0 Å². The number of Topliss-reactive ketones (excluding diaryl/α,β-unsaturated/α-hetero) is 1. The maximum atomic E-state index is 12.1. The molecule has 0 aromatic heterocycles. The lowest BCUT2D eigenvalue weighted by atomic mass is 9.73. The number of nitrogens with one attached hydrogen (secondary N) is 2. The van der Waals surface area contributed by atoms with Gasteiger partial charge in [-0.15, -0.1) is 0 Å². The van der Waals surface area contributed by atoms with E-state index in [1.54, 1.807) is 0 Å². The quantitative estimate of drug-likeness (QED) is 0.408. The molecule has 0 spiro atoms. The third-order valence-electron chi connectivity index (χ3n) is 3.87. The lowest BCUT2D eigenvalue weighted by Gasteiger charge is -2.31. The van der Waals surface area contributed by atoms with E-state index in [-0.39, 0.29) is 65.2 Å². The molecule has 1 saturated carbocycles. The normalized spacial score (nSPS) is 25.8. The average Bonchev–Trinajstić information content (AvgIpc) is 2.23. The van der Waals surface area contributed by atoms with Gasteiger partial charge in [0.25, 0.3) is 0 Å². The number of carbonyl (C=O) groups excluding carboxylic acids is 3. The van der Waals surface area contributed by atoms with Crippen LogP contribution in [0.1, 0.15) is 46.0 Å². The SMILES string of the molecule is CC1(C)CC(=N)C(=C(O)CC2CC(=O)NC(=O)C2)C(=O)C1. The molecule has 0 unspecified atom stereocenters. The van der Waals surface area contributed by atoms with Crippen LogP contribution in [0.4, 0.5) is 0 Å². The smallest absolute Gasteiger partial charge is 0.226 e. The minimum absolute atomic E-state index is 0.0766. The summed E-state index contributed by atoms with van der Waals surface area (Å²) in [6.45, 7) is 3.83. The largest absolute Gasteiger partial charge is 0.511 e. The van der Waals surface area contributed by atoms with Crippen molar-refractivity contribution in [2.24, 2.45) is 11.3 Å². The van der Waals surface area contributed by atoms with Crippen molar-refractivity contribution >= 4 is 23.3 Å². The van der Waals surface area contributed by atoms with Crippen molar-refractivity contribution in [2.45, 2.75) is 46.0 Å². The minimum Gasteiger partial charge on any atom is -0.511 e. The van der Waals surface area contributed by atoms with E-state index in [4.69, 9.17) is 5.41 Å². The molecule has 6 heteroatoms. The molecule has 0 bridgehead atoms. The Balaban J connectivity index is 2.16. The number of hydrogen-bond donors (Lipinski definition) is 3. The predicted octanol–water partition coefficient (Wildman–Crippen LogP) is 1.65. The number of allylic oxidation sites excluding steroid dienone is 2. The number of piperidine rings is 1. The standard InChI is InChI=1S/C15H20N2O4/c1-15(2)6-9(16)14(11(19)7-15)10(18)3-8-4-12(20)17-13(21)5-8/h8,16,18H,3-7H2,1-2H3,(H,17,20,21). The monoisotopic (exact) mass is 292 g/mol. The summed E-state index contributed by atoms with van der Waals surface area (Å²) in [5.41, 5.74) is -0.0494. The summed E-state index contributed by atoms with van der Waals surface area (Å²) in [5, 5.41) is 20.4. The van der Waals surface area contributed by atoms with Crippen LogP contribution in [0.15, 0.2) is 11.3 Å². The van der Waals surface area contributed by atoms with E-state index in [9.17, 15) is 19.5 Å². The van der Waals surface area contributed by atoms with Crippen molar-refractivity contribution < 1.29 is 19.5 Å². The van der Waals surface area contributed by atoms with E-state index in [0.717, 1.165) is 0 Å². The molecular weight excluding hydrogens is 272 g/mol. The summed E-state index contributed by atoms with van der Waals surface area (Å²) in [7, 11) is 0. The van der Waals surface area contributed by atoms with Crippen LogP contribution in [0.3, 0.4) is 0 Å². The van der Waals surface area contributed by atoms with Gasteiger partial charge in [-0.3, -0.25) is 19.7 Å². The molecule has 0 aromatic carbocycles. The third-order valence-corrected chi connectivity index (χ3v) is 3.87. The molecule has 2 rings (SSSR count). The van der Waals surface area contributed by atoms with Crippen LogP contribution in [0.25, 0.3) is 0 Å². The van der Waals surface area contributed by atoms with Crippen LogP contribution < -0.4 is 5.32 Å². The lowest BCUT2D eigenvalue weighted by Crippen LogP contribution is -2.39. The zero-order chi connectivity index (χ0) is 15.8. The molecule has 2 amide bonds. The van der Waals surface area contributed by atoms with Gasteiger partial charge in [0, 0.05) is 31.4 Å². The van der Waals surface area contributed by atoms with E-state index in [1.807, 2.05) is 13.8 Å². The number of carbonyl (C=O) groups is 3. The number of hydrogen-bond acceptors (Lipinski definition) is 5. The van der Waals surface area contributed by atoms with E-state index < -0.39 is 0 Å². The molecule has 1 heterocycles. The summed E-state index contributed by atoms with van der Waals surface area (Å²) >= 11 is 0. The molecule has 114 valence electrons. The maximum absolute atomic E-state index is 12.1. The Morgan fingerprint density at radius 2 is 1.81 bits per heavy atom. The zero-order valence-electron chi connectivity index (χ0n) is 12.3. The Kier molecular flexibility index (Phi) is 3.98. The lowest BCUT2D eigenvalue weighted by molar-refractivity contribution is -0.134. The van der Waals surface area contributed by atoms with Gasteiger partial charge in [0.05, 0.1) is 5.57 Å². The van der Waals surface area contributed by atoms with Gasteiger partial charge >= 0.3 is 0 Å². The molecule has 1 saturated heterocycles. The fourth-order valence-corrected chi connectivity index (χ4v) is 3.03. The van der Waals surface area contributed by atoms with E-state index in [2.05, 4.69) is 5.32 Å². The van der Waals surface area contributed by atoms with Crippen LogP contribution in [-0.4, -0.2) is 28.4 Å². The topological polar surface area (TPSA) is 107 Å². The summed E-state index contributed by atoms with van der Waals surface area (Å²) in [5.74, 6) is -1.43. The Labute approximate surface area is 123 Å². The first-order valence-electron chi connectivity index (χ1n) is 7.04. The molecule has 3 N–H and O–H groups in total. The predicted molar refractivity (Wildman–Crippen MR) is 75.9 cm³/mol. The van der Waals surface area contributed by atoms with Crippen LogP contribution in [0, 0.1) is 16.7 Å². The van der Waals surface area contributed by atoms with Gasteiger partial charge in [-0.1, -0.05) is 13.8 Å². The molecule has 0 radical (unpaired) electrons. The van der Waals surface area contributed by atoms with Crippen molar-refractivity contribution in [2.75, 3.05) is 0 Å². The van der Waals surface area contributed by atoms with Gasteiger partial charge in [-0.05, 0) is 17.8 Å². The van der Waals surface area contributed by atoms with Gasteiger partial charge in [0.1, 0.15) is 5.76 Å². The van der Waals surface area contributed by atoms with Crippen molar-refractivity contribution in [1.82, 2.24) is 5.32 Å². The zero-order valence-corrected chi connectivity index (χ0v) is 12.3. The molecule has 1 aliphatic carbocycles. The highest BCUT2D eigenvalue weighted by Gasteiger charge is 2.36. The second-order valence-corrected chi connectivity index (χ2v) is 6.69. The minimum atomic E-state index is -0.361. The van der Waals surface area contributed by atoms with Crippen LogP contribution in [-0.2, 0) is 14.4 Å².